The number of thiazole rings is 1. The molecule has 0 aromatic carbocycles. The van der Waals surface area contributed by atoms with Crippen molar-refractivity contribution in [3.05, 3.63) is 35.5 Å². The molecule has 0 aliphatic carbocycles. The Morgan fingerprint density at radius 2 is 2.35 bits per heavy atom. The minimum atomic E-state index is 0.0676. The summed E-state index contributed by atoms with van der Waals surface area (Å²) in [6.45, 7) is 4.43. The Bertz CT molecular complexity index is 598. The van der Waals surface area contributed by atoms with Gasteiger partial charge in [0.25, 0.3) is 5.91 Å². The highest BCUT2D eigenvalue weighted by Crippen LogP contribution is 2.24. The van der Waals surface area contributed by atoms with Crippen molar-refractivity contribution in [3.8, 4) is 10.7 Å². The predicted molar refractivity (Wildman–Crippen MR) is 78.7 cm³/mol. The van der Waals surface area contributed by atoms with Gasteiger partial charge < -0.3 is 10.2 Å². The number of nitrogens with zero attached hydrogens (tertiary/aromatic N) is 3. The quantitative estimate of drug-likeness (QED) is 0.912. The molecule has 3 rings (SSSR count). The number of hydrogen-bond acceptors (Lipinski definition) is 5. The molecule has 2 aromatic heterocycles. The van der Waals surface area contributed by atoms with E-state index < -0.39 is 0 Å². The van der Waals surface area contributed by atoms with E-state index in [0.29, 0.717) is 10.9 Å². The number of hydrogen-bond donors (Lipinski definition) is 1. The van der Waals surface area contributed by atoms with Crippen LogP contribution < -0.4 is 5.32 Å². The number of aromatic nitrogens is 2. The molecule has 20 heavy (non-hydrogen) atoms. The lowest BCUT2D eigenvalue weighted by molar-refractivity contribution is 0.0714. The molecule has 1 amide bonds. The van der Waals surface area contributed by atoms with Gasteiger partial charge in [0.15, 0.2) is 0 Å². The summed E-state index contributed by atoms with van der Waals surface area (Å²) in [6, 6.07) is 6.03. The third-order valence-corrected chi connectivity index (χ3v) is 4.26. The largest absolute Gasteiger partial charge is 0.335 e. The molecule has 1 atom stereocenters. The average molecular weight is 288 g/mol. The highest BCUT2D eigenvalue weighted by molar-refractivity contribution is 7.16. The molecule has 0 radical (unpaired) electrons. The van der Waals surface area contributed by atoms with Crippen molar-refractivity contribution in [2.45, 2.75) is 13.0 Å². The van der Waals surface area contributed by atoms with E-state index in [-0.39, 0.29) is 5.91 Å². The van der Waals surface area contributed by atoms with E-state index in [2.05, 4.69) is 22.2 Å². The molecular weight excluding hydrogens is 272 g/mol. The number of pyridine rings is 1. The number of rotatable bonds is 2. The molecule has 1 fully saturated rings. The molecule has 5 nitrogen and oxygen atoms in total. The Labute approximate surface area is 121 Å². The van der Waals surface area contributed by atoms with Crippen LogP contribution in [0.15, 0.2) is 30.6 Å². The Morgan fingerprint density at radius 1 is 1.45 bits per heavy atom. The van der Waals surface area contributed by atoms with E-state index in [1.807, 2.05) is 23.1 Å². The van der Waals surface area contributed by atoms with E-state index >= 15 is 0 Å². The first-order valence-corrected chi connectivity index (χ1v) is 7.45. The van der Waals surface area contributed by atoms with Crippen LogP contribution in [0.3, 0.4) is 0 Å². The third-order valence-electron chi connectivity index (χ3n) is 3.26. The first-order chi connectivity index (χ1) is 9.74. The molecule has 0 saturated carbocycles. The van der Waals surface area contributed by atoms with Gasteiger partial charge >= 0.3 is 0 Å². The van der Waals surface area contributed by atoms with Gasteiger partial charge in [0.1, 0.15) is 9.88 Å². The van der Waals surface area contributed by atoms with Crippen molar-refractivity contribution in [1.29, 1.82) is 0 Å². The van der Waals surface area contributed by atoms with Crippen LogP contribution in [0.2, 0.25) is 0 Å². The van der Waals surface area contributed by atoms with E-state index in [1.165, 1.54) is 11.3 Å². The van der Waals surface area contributed by atoms with Crippen LogP contribution >= 0.6 is 11.3 Å². The predicted octanol–water partition coefficient (Wildman–Crippen LogP) is 1.64. The van der Waals surface area contributed by atoms with Crippen LogP contribution in [0, 0.1) is 0 Å². The maximum absolute atomic E-state index is 12.4. The fourth-order valence-electron chi connectivity index (χ4n) is 2.25. The Balaban J connectivity index is 1.78. The minimum Gasteiger partial charge on any atom is -0.335 e. The van der Waals surface area contributed by atoms with Crippen molar-refractivity contribution in [1.82, 2.24) is 20.2 Å². The van der Waals surface area contributed by atoms with Gasteiger partial charge in [0, 0.05) is 31.9 Å². The van der Waals surface area contributed by atoms with Gasteiger partial charge in [-0.2, -0.15) is 0 Å². The van der Waals surface area contributed by atoms with Crippen LogP contribution in [0.5, 0.6) is 0 Å². The maximum atomic E-state index is 12.4. The second-order valence-corrected chi connectivity index (χ2v) is 5.88. The fraction of sp³-hybridized carbons (Fsp3) is 0.357. The molecule has 1 aliphatic rings. The molecule has 0 spiro atoms. The molecule has 6 heteroatoms. The van der Waals surface area contributed by atoms with Gasteiger partial charge in [-0.3, -0.25) is 9.78 Å². The van der Waals surface area contributed by atoms with Gasteiger partial charge in [-0.1, -0.05) is 6.07 Å². The Morgan fingerprint density at radius 3 is 3.10 bits per heavy atom. The molecule has 3 heterocycles. The summed E-state index contributed by atoms with van der Waals surface area (Å²) in [5, 5.41) is 4.12. The molecule has 0 unspecified atom stereocenters. The van der Waals surface area contributed by atoms with Crippen LogP contribution in [-0.4, -0.2) is 46.5 Å². The average Bonchev–Trinajstić information content (AvgIpc) is 2.97. The summed E-state index contributed by atoms with van der Waals surface area (Å²) in [6.07, 6.45) is 3.39. The van der Waals surface area contributed by atoms with Gasteiger partial charge in [-0.15, -0.1) is 11.3 Å². The normalized spacial score (nSPS) is 19.1. The second-order valence-electron chi connectivity index (χ2n) is 4.85. The highest BCUT2D eigenvalue weighted by atomic mass is 32.1. The summed E-state index contributed by atoms with van der Waals surface area (Å²) in [5.41, 5.74) is 0.810. The van der Waals surface area contributed by atoms with Gasteiger partial charge in [0.05, 0.1) is 11.9 Å². The molecule has 0 bridgehead atoms. The smallest absolute Gasteiger partial charge is 0.265 e. The molecular formula is C14H16N4OS. The lowest BCUT2D eigenvalue weighted by Crippen LogP contribution is -2.51. The van der Waals surface area contributed by atoms with E-state index in [9.17, 15) is 4.79 Å². The van der Waals surface area contributed by atoms with Crippen LogP contribution in [-0.2, 0) is 0 Å². The molecule has 104 valence electrons. The highest BCUT2D eigenvalue weighted by Gasteiger charge is 2.23. The number of carbonyl (C=O) groups excluding carboxylic acids is 1. The summed E-state index contributed by atoms with van der Waals surface area (Å²) >= 11 is 1.40. The summed E-state index contributed by atoms with van der Waals surface area (Å²) in [5.74, 6) is 0.0676. The summed E-state index contributed by atoms with van der Waals surface area (Å²) in [7, 11) is 0. The van der Waals surface area contributed by atoms with Gasteiger partial charge in [0.2, 0.25) is 0 Å². The van der Waals surface area contributed by atoms with Crippen molar-refractivity contribution in [3.63, 3.8) is 0 Å². The summed E-state index contributed by atoms with van der Waals surface area (Å²) < 4.78 is 0. The zero-order valence-electron chi connectivity index (χ0n) is 11.2. The monoisotopic (exact) mass is 288 g/mol. The first-order valence-electron chi connectivity index (χ1n) is 6.64. The van der Waals surface area contributed by atoms with Crippen LogP contribution in [0.25, 0.3) is 10.7 Å². The number of nitrogens with one attached hydrogen (secondary N) is 1. The topological polar surface area (TPSA) is 58.1 Å². The van der Waals surface area contributed by atoms with E-state index in [0.717, 1.165) is 30.3 Å². The molecule has 1 aliphatic heterocycles. The molecule has 1 saturated heterocycles. The lowest BCUT2D eigenvalue weighted by Gasteiger charge is -2.31. The standard InChI is InChI=1S/C14H16N4OS/c1-10-9-18(7-6-15-10)14(19)12-8-17-13(20-12)11-4-2-3-5-16-11/h2-5,8,10,15H,6-7,9H2,1H3/t10-/m0/s1. The molecule has 1 N–H and O–H groups in total. The first kappa shape index (κ1) is 13.2. The third kappa shape index (κ3) is 2.71. The van der Waals surface area contributed by atoms with Gasteiger partial charge in [-0.25, -0.2) is 4.98 Å². The fourth-order valence-corrected chi connectivity index (χ4v) is 3.11. The zero-order chi connectivity index (χ0) is 13.9. The minimum absolute atomic E-state index is 0.0676. The number of piperazine rings is 1. The number of carbonyl (C=O) groups is 1. The lowest BCUT2D eigenvalue weighted by atomic mass is 10.2. The van der Waals surface area contributed by atoms with Crippen molar-refractivity contribution in [2.24, 2.45) is 0 Å². The van der Waals surface area contributed by atoms with Crippen molar-refractivity contribution < 1.29 is 4.79 Å². The van der Waals surface area contributed by atoms with E-state index in [4.69, 9.17) is 0 Å². The Hall–Kier alpha value is -1.79. The van der Waals surface area contributed by atoms with Crippen molar-refractivity contribution in [2.75, 3.05) is 19.6 Å². The van der Waals surface area contributed by atoms with Crippen LogP contribution in [0.1, 0.15) is 16.6 Å². The van der Waals surface area contributed by atoms with Crippen LogP contribution in [0.4, 0.5) is 0 Å². The maximum Gasteiger partial charge on any atom is 0.265 e. The van der Waals surface area contributed by atoms with Crippen molar-refractivity contribution >= 4 is 17.2 Å². The SMILES string of the molecule is C[C@H]1CN(C(=O)c2cnc(-c3ccccn3)s2)CCN1. The van der Waals surface area contributed by atoms with E-state index in [1.54, 1.807) is 12.4 Å². The number of amides is 1. The summed E-state index contributed by atoms with van der Waals surface area (Å²) in [4.78, 5) is 23.6. The van der Waals surface area contributed by atoms with Gasteiger partial charge in [-0.05, 0) is 19.1 Å². The zero-order valence-corrected chi connectivity index (χ0v) is 12.1. The Kier molecular flexibility index (Phi) is 3.75. The second kappa shape index (κ2) is 5.68. The molecule has 2 aromatic rings.